The van der Waals surface area contributed by atoms with Crippen LogP contribution >= 0.6 is 11.6 Å². The molecule has 0 unspecified atom stereocenters. The summed E-state index contributed by atoms with van der Waals surface area (Å²) in [6.45, 7) is 5.29. The second-order valence-electron chi connectivity index (χ2n) is 5.26. The van der Waals surface area contributed by atoms with Crippen molar-refractivity contribution in [1.82, 2.24) is 4.90 Å². The van der Waals surface area contributed by atoms with Crippen LogP contribution in [0.1, 0.15) is 22.3 Å². The molecule has 0 saturated carbocycles. The molecule has 2 aromatic rings. The van der Waals surface area contributed by atoms with E-state index in [2.05, 4.69) is 42.2 Å². The van der Waals surface area contributed by atoms with Gasteiger partial charge in [0.05, 0.1) is 0 Å². The summed E-state index contributed by atoms with van der Waals surface area (Å²) in [4.78, 5) is 2.48. The maximum Gasteiger partial charge on any atom is 0.0451 e. The number of nitrogens with zero attached hydrogens (tertiary/aromatic N) is 1. The van der Waals surface area contributed by atoms with Gasteiger partial charge in [0.25, 0.3) is 0 Å². The van der Waals surface area contributed by atoms with Gasteiger partial charge in [0.2, 0.25) is 0 Å². The summed E-state index contributed by atoms with van der Waals surface area (Å²) >= 11 is 6.24. The van der Waals surface area contributed by atoms with Crippen molar-refractivity contribution < 1.29 is 0 Å². The maximum absolute atomic E-state index is 6.24. The van der Waals surface area contributed by atoms with Crippen LogP contribution in [0.4, 0.5) is 0 Å². The predicted molar refractivity (Wildman–Crippen MR) is 80.4 cm³/mol. The first-order valence-electron chi connectivity index (χ1n) is 6.77. The Balaban J connectivity index is 1.78. The SMILES string of the molecule is Cc1cccc2c1CCN(Cc1ccccc1Cl)C2. The van der Waals surface area contributed by atoms with Gasteiger partial charge in [0.1, 0.15) is 0 Å². The van der Waals surface area contributed by atoms with E-state index in [-0.39, 0.29) is 0 Å². The molecule has 1 nitrogen and oxygen atoms in total. The van der Waals surface area contributed by atoms with Gasteiger partial charge < -0.3 is 0 Å². The van der Waals surface area contributed by atoms with Crippen molar-refractivity contribution in [1.29, 1.82) is 0 Å². The molecule has 0 N–H and O–H groups in total. The van der Waals surface area contributed by atoms with Crippen molar-refractivity contribution >= 4 is 11.6 Å². The van der Waals surface area contributed by atoms with E-state index in [1.54, 1.807) is 0 Å². The molecule has 0 saturated heterocycles. The molecular weight excluding hydrogens is 254 g/mol. The molecule has 0 fully saturated rings. The van der Waals surface area contributed by atoms with Crippen molar-refractivity contribution in [3.8, 4) is 0 Å². The molecular formula is C17H18ClN. The quantitative estimate of drug-likeness (QED) is 0.791. The van der Waals surface area contributed by atoms with Crippen LogP contribution in [0, 0.1) is 6.92 Å². The fourth-order valence-electron chi connectivity index (χ4n) is 2.86. The second-order valence-corrected chi connectivity index (χ2v) is 5.67. The Hall–Kier alpha value is -1.31. The van der Waals surface area contributed by atoms with Crippen LogP contribution in [0.2, 0.25) is 5.02 Å². The van der Waals surface area contributed by atoms with Crippen LogP contribution in [0.3, 0.4) is 0 Å². The van der Waals surface area contributed by atoms with Gasteiger partial charge >= 0.3 is 0 Å². The van der Waals surface area contributed by atoms with Crippen molar-refractivity contribution in [3.05, 3.63) is 69.7 Å². The fraction of sp³-hybridized carbons (Fsp3) is 0.294. The molecule has 1 aliphatic rings. The van der Waals surface area contributed by atoms with Crippen LogP contribution < -0.4 is 0 Å². The minimum atomic E-state index is 0.873. The number of halogens is 1. The number of fused-ring (bicyclic) bond motifs is 1. The number of hydrogen-bond acceptors (Lipinski definition) is 1. The van der Waals surface area contributed by atoms with Gasteiger partial charge in [-0.3, -0.25) is 4.90 Å². The lowest BCUT2D eigenvalue weighted by molar-refractivity contribution is 0.245. The smallest absolute Gasteiger partial charge is 0.0451 e. The normalized spacial score (nSPS) is 15.3. The molecule has 98 valence electrons. The first kappa shape index (κ1) is 12.7. The highest BCUT2D eigenvalue weighted by molar-refractivity contribution is 6.31. The Labute approximate surface area is 119 Å². The van der Waals surface area contributed by atoms with E-state index >= 15 is 0 Å². The number of benzene rings is 2. The van der Waals surface area contributed by atoms with E-state index in [1.807, 2.05) is 12.1 Å². The lowest BCUT2D eigenvalue weighted by Crippen LogP contribution is -2.30. The Morgan fingerprint density at radius 2 is 1.95 bits per heavy atom. The van der Waals surface area contributed by atoms with Crippen LogP contribution in [-0.4, -0.2) is 11.4 Å². The lowest BCUT2D eigenvalue weighted by atomic mass is 9.95. The Morgan fingerprint density at radius 3 is 2.79 bits per heavy atom. The molecule has 1 heterocycles. The molecule has 19 heavy (non-hydrogen) atoms. The zero-order valence-electron chi connectivity index (χ0n) is 11.2. The summed E-state index contributed by atoms with van der Waals surface area (Å²) in [6.07, 6.45) is 1.15. The highest BCUT2D eigenvalue weighted by Crippen LogP contribution is 2.24. The first-order valence-corrected chi connectivity index (χ1v) is 7.15. The molecule has 0 atom stereocenters. The molecule has 0 spiro atoms. The lowest BCUT2D eigenvalue weighted by Gasteiger charge is -2.30. The summed E-state index contributed by atoms with van der Waals surface area (Å²) in [5.74, 6) is 0. The average Bonchev–Trinajstić information content (AvgIpc) is 2.42. The standard InChI is InChI=1S/C17H18ClN/c1-13-5-4-7-14-11-19(10-9-16(13)14)12-15-6-2-3-8-17(15)18/h2-8H,9-12H2,1H3. The zero-order chi connectivity index (χ0) is 13.2. The Kier molecular flexibility index (Phi) is 3.58. The van der Waals surface area contributed by atoms with Gasteiger partial charge in [-0.15, -0.1) is 0 Å². The predicted octanol–water partition coefficient (Wildman–Crippen LogP) is 4.21. The van der Waals surface area contributed by atoms with Gasteiger partial charge in [-0.1, -0.05) is 48.0 Å². The zero-order valence-corrected chi connectivity index (χ0v) is 12.0. The molecule has 0 amide bonds. The summed E-state index contributed by atoms with van der Waals surface area (Å²) in [7, 11) is 0. The molecule has 3 rings (SSSR count). The third kappa shape index (κ3) is 2.68. The van der Waals surface area contributed by atoms with Crippen molar-refractivity contribution in [2.75, 3.05) is 6.54 Å². The summed E-state index contributed by atoms with van der Waals surface area (Å²) in [5, 5.41) is 0.873. The fourth-order valence-corrected chi connectivity index (χ4v) is 3.06. The molecule has 2 aromatic carbocycles. The van der Waals surface area contributed by atoms with E-state index < -0.39 is 0 Å². The molecule has 0 aromatic heterocycles. The van der Waals surface area contributed by atoms with Gasteiger partial charge in [0, 0.05) is 24.7 Å². The highest BCUT2D eigenvalue weighted by Gasteiger charge is 2.17. The molecule has 0 bridgehead atoms. The molecule has 1 aliphatic heterocycles. The Bertz CT molecular complexity index is 592. The van der Waals surface area contributed by atoms with Crippen LogP contribution in [0.15, 0.2) is 42.5 Å². The van der Waals surface area contributed by atoms with E-state index in [9.17, 15) is 0 Å². The van der Waals surface area contributed by atoms with Gasteiger partial charge in [-0.25, -0.2) is 0 Å². The highest BCUT2D eigenvalue weighted by atomic mass is 35.5. The molecule has 2 heteroatoms. The summed E-state index contributed by atoms with van der Waals surface area (Å²) in [6, 6.07) is 14.8. The van der Waals surface area contributed by atoms with E-state index in [0.29, 0.717) is 0 Å². The number of aryl methyl sites for hydroxylation is 1. The van der Waals surface area contributed by atoms with E-state index in [1.165, 1.54) is 22.3 Å². The van der Waals surface area contributed by atoms with Gasteiger partial charge in [-0.05, 0) is 41.7 Å². The molecule has 0 aliphatic carbocycles. The number of rotatable bonds is 2. The van der Waals surface area contributed by atoms with Gasteiger partial charge in [-0.2, -0.15) is 0 Å². The topological polar surface area (TPSA) is 3.24 Å². The second kappa shape index (κ2) is 5.36. The largest absolute Gasteiger partial charge is 0.294 e. The van der Waals surface area contributed by atoms with E-state index in [0.717, 1.165) is 31.1 Å². The minimum absolute atomic E-state index is 0.873. The monoisotopic (exact) mass is 271 g/mol. The maximum atomic E-state index is 6.24. The third-order valence-corrected chi connectivity index (χ3v) is 4.30. The first-order chi connectivity index (χ1) is 9.24. The Morgan fingerprint density at radius 1 is 1.11 bits per heavy atom. The summed E-state index contributed by atoms with van der Waals surface area (Å²) < 4.78 is 0. The van der Waals surface area contributed by atoms with E-state index in [4.69, 9.17) is 11.6 Å². The van der Waals surface area contributed by atoms with Crippen LogP contribution in [-0.2, 0) is 19.5 Å². The third-order valence-electron chi connectivity index (χ3n) is 3.93. The van der Waals surface area contributed by atoms with Crippen molar-refractivity contribution in [2.45, 2.75) is 26.4 Å². The number of hydrogen-bond donors (Lipinski definition) is 0. The van der Waals surface area contributed by atoms with Crippen molar-refractivity contribution in [2.24, 2.45) is 0 Å². The molecule has 0 radical (unpaired) electrons. The van der Waals surface area contributed by atoms with Crippen LogP contribution in [0.5, 0.6) is 0 Å². The van der Waals surface area contributed by atoms with Crippen LogP contribution in [0.25, 0.3) is 0 Å². The van der Waals surface area contributed by atoms with Crippen molar-refractivity contribution in [3.63, 3.8) is 0 Å². The average molecular weight is 272 g/mol. The van der Waals surface area contributed by atoms with Gasteiger partial charge in [0.15, 0.2) is 0 Å². The summed E-state index contributed by atoms with van der Waals surface area (Å²) in [5.41, 5.74) is 5.66. The minimum Gasteiger partial charge on any atom is -0.294 e.